The zero-order valence-electron chi connectivity index (χ0n) is 8.70. The Hall–Kier alpha value is -1.07. The van der Waals surface area contributed by atoms with Crippen LogP contribution in [0.4, 0.5) is 0 Å². The molecule has 1 atom stereocenters. The summed E-state index contributed by atoms with van der Waals surface area (Å²) in [6.45, 7) is 2.26. The Morgan fingerprint density at radius 2 is 2.31 bits per heavy atom. The molecule has 0 bridgehead atoms. The van der Waals surface area contributed by atoms with Crippen LogP contribution < -0.4 is 4.74 Å². The molecule has 16 heavy (non-hydrogen) atoms. The predicted molar refractivity (Wildman–Crippen MR) is 60.5 cm³/mol. The van der Waals surface area contributed by atoms with Gasteiger partial charge in [0.2, 0.25) is 0 Å². The van der Waals surface area contributed by atoms with Crippen LogP contribution in [0.15, 0.2) is 16.6 Å². The monoisotopic (exact) mass is 286 g/mol. The van der Waals surface area contributed by atoms with Crippen molar-refractivity contribution in [1.82, 2.24) is 0 Å². The average Bonchev–Trinajstić information content (AvgIpc) is 2.28. The maximum absolute atomic E-state index is 11.0. The highest BCUT2D eigenvalue weighted by Gasteiger charge is 2.24. The second-order valence-electron chi connectivity index (χ2n) is 3.61. The van der Waals surface area contributed by atoms with E-state index in [0.29, 0.717) is 12.4 Å². The standard InChI is InChI=1S/C11H11BrO4/c1-6(11(13)14)10-7-4-15-5-16-9(7)3-2-8(10)12/h2-3,6H,4-5H2,1H3,(H,13,14). The normalized spacial score (nSPS) is 16.1. The van der Waals surface area contributed by atoms with Gasteiger partial charge in [0, 0.05) is 10.0 Å². The molecule has 1 aliphatic rings. The predicted octanol–water partition coefficient (Wildman–Crippen LogP) is 2.50. The zero-order valence-corrected chi connectivity index (χ0v) is 10.3. The molecular weight excluding hydrogens is 276 g/mol. The van der Waals surface area contributed by atoms with E-state index >= 15 is 0 Å². The van der Waals surface area contributed by atoms with Gasteiger partial charge in [-0.15, -0.1) is 0 Å². The second kappa shape index (κ2) is 4.43. The number of benzene rings is 1. The Morgan fingerprint density at radius 1 is 1.56 bits per heavy atom. The lowest BCUT2D eigenvalue weighted by Gasteiger charge is -2.23. The zero-order chi connectivity index (χ0) is 11.7. The average molecular weight is 287 g/mol. The molecule has 1 aromatic carbocycles. The van der Waals surface area contributed by atoms with Gasteiger partial charge in [-0.2, -0.15) is 0 Å². The molecule has 0 aromatic heterocycles. The summed E-state index contributed by atoms with van der Waals surface area (Å²) in [7, 11) is 0. The molecular formula is C11H11BrO4. The minimum Gasteiger partial charge on any atom is -0.481 e. The minimum absolute atomic E-state index is 0.218. The number of hydrogen-bond donors (Lipinski definition) is 1. The lowest BCUT2D eigenvalue weighted by Crippen LogP contribution is -2.17. The van der Waals surface area contributed by atoms with Crippen LogP contribution in [-0.2, 0) is 16.1 Å². The van der Waals surface area contributed by atoms with Crippen molar-refractivity contribution in [3.05, 3.63) is 27.7 Å². The van der Waals surface area contributed by atoms with Crippen LogP contribution in [0.2, 0.25) is 0 Å². The Kier molecular flexibility index (Phi) is 3.16. The summed E-state index contributed by atoms with van der Waals surface area (Å²) in [5.74, 6) is -0.744. The van der Waals surface area contributed by atoms with Gasteiger partial charge in [-0.05, 0) is 24.6 Å². The fourth-order valence-electron chi connectivity index (χ4n) is 1.74. The van der Waals surface area contributed by atoms with Gasteiger partial charge in [-0.25, -0.2) is 0 Å². The lowest BCUT2D eigenvalue weighted by molar-refractivity contribution is -0.138. The van der Waals surface area contributed by atoms with Gasteiger partial charge in [-0.3, -0.25) is 4.79 Å². The number of rotatable bonds is 2. The third kappa shape index (κ3) is 1.92. The number of ether oxygens (including phenoxy) is 2. The van der Waals surface area contributed by atoms with E-state index in [0.717, 1.165) is 15.6 Å². The van der Waals surface area contributed by atoms with E-state index in [2.05, 4.69) is 15.9 Å². The van der Waals surface area contributed by atoms with Crippen molar-refractivity contribution in [2.75, 3.05) is 6.79 Å². The Balaban J connectivity index is 2.53. The number of hydrogen-bond acceptors (Lipinski definition) is 3. The minimum atomic E-state index is -0.861. The van der Waals surface area contributed by atoms with Crippen LogP contribution >= 0.6 is 15.9 Å². The van der Waals surface area contributed by atoms with Gasteiger partial charge in [0.05, 0.1) is 12.5 Å². The molecule has 1 N–H and O–H groups in total. The van der Waals surface area contributed by atoms with E-state index < -0.39 is 11.9 Å². The number of carboxylic acid groups (broad SMARTS) is 1. The van der Waals surface area contributed by atoms with E-state index in [1.807, 2.05) is 6.07 Å². The van der Waals surface area contributed by atoms with Gasteiger partial charge >= 0.3 is 5.97 Å². The number of carbonyl (C=O) groups is 1. The van der Waals surface area contributed by atoms with Crippen LogP contribution in [-0.4, -0.2) is 17.9 Å². The molecule has 1 aliphatic heterocycles. The van der Waals surface area contributed by atoms with Crippen molar-refractivity contribution in [2.24, 2.45) is 0 Å². The van der Waals surface area contributed by atoms with Gasteiger partial charge in [-0.1, -0.05) is 15.9 Å². The number of fused-ring (bicyclic) bond motifs is 1. The summed E-state index contributed by atoms with van der Waals surface area (Å²) in [6, 6.07) is 3.62. The summed E-state index contributed by atoms with van der Waals surface area (Å²) in [5.41, 5.74) is 1.54. The third-order valence-electron chi connectivity index (χ3n) is 2.61. The molecule has 1 unspecified atom stereocenters. The van der Waals surface area contributed by atoms with Crippen molar-refractivity contribution in [1.29, 1.82) is 0 Å². The van der Waals surface area contributed by atoms with Gasteiger partial charge in [0.1, 0.15) is 5.75 Å². The molecule has 86 valence electrons. The molecule has 5 heteroatoms. The Morgan fingerprint density at radius 3 is 3.00 bits per heavy atom. The third-order valence-corrected chi connectivity index (χ3v) is 3.30. The molecule has 4 nitrogen and oxygen atoms in total. The molecule has 0 saturated carbocycles. The van der Waals surface area contributed by atoms with E-state index in [1.165, 1.54) is 0 Å². The van der Waals surface area contributed by atoms with E-state index in [9.17, 15) is 4.79 Å². The van der Waals surface area contributed by atoms with Crippen LogP contribution in [0.3, 0.4) is 0 Å². The van der Waals surface area contributed by atoms with Crippen LogP contribution in [0.5, 0.6) is 5.75 Å². The molecule has 1 aromatic rings. The summed E-state index contributed by atoms with van der Waals surface area (Å²) in [6.07, 6.45) is 0. The van der Waals surface area contributed by atoms with Crippen LogP contribution in [0.1, 0.15) is 24.0 Å². The Labute approximate surface area is 101 Å². The fourth-order valence-corrected chi connectivity index (χ4v) is 2.46. The van der Waals surface area contributed by atoms with Crippen LogP contribution in [0, 0.1) is 0 Å². The molecule has 0 fully saturated rings. The molecule has 1 heterocycles. The molecule has 0 saturated heterocycles. The van der Waals surface area contributed by atoms with Gasteiger partial charge < -0.3 is 14.6 Å². The first-order chi connectivity index (χ1) is 7.61. The maximum atomic E-state index is 11.0. The van der Waals surface area contributed by atoms with Crippen molar-refractivity contribution < 1.29 is 19.4 Å². The second-order valence-corrected chi connectivity index (χ2v) is 4.46. The van der Waals surface area contributed by atoms with Gasteiger partial charge in [0.15, 0.2) is 6.79 Å². The first-order valence-corrected chi connectivity index (χ1v) is 5.65. The summed E-state index contributed by atoms with van der Waals surface area (Å²) in [5, 5.41) is 9.06. The summed E-state index contributed by atoms with van der Waals surface area (Å²) in [4.78, 5) is 11.0. The summed E-state index contributed by atoms with van der Waals surface area (Å²) >= 11 is 3.37. The molecule has 0 aliphatic carbocycles. The van der Waals surface area contributed by atoms with Crippen molar-refractivity contribution in [3.63, 3.8) is 0 Å². The maximum Gasteiger partial charge on any atom is 0.310 e. The summed E-state index contributed by atoms with van der Waals surface area (Å²) < 4.78 is 11.3. The van der Waals surface area contributed by atoms with Crippen molar-refractivity contribution in [2.45, 2.75) is 19.4 Å². The van der Waals surface area contributed by atoms with E-state index in [4.69, 9.17) is 14.6 Å². The topological polar surface area (TPSA) is 55.8 Å². The van der Waals surface area contributed by atoms with Crippen LogP contribution in [0.25, 0.3) is 0 Å². The fraction of sp³-hybridized carbons (Fsp3) is 0.364. The number of aliphatic carboxylic acids is 1. The smallest absolute Gasteiger partial charge is 0.310 e. The van der Waals surface area contributed by atoms with E-state index in [-0.39, 0.29) is 6.79 Å². The highest BCUT2D eigenvalue weighted by molar-refractivity contribution is 9.10. The quantitative estimate of drug-likeness (QED) is 0.908. The van der Waals surface area contributed by atoms with E-state index in [1.54, 1.807) is 13.0 Å². The molecule has 0 amide bonds. The first kappa shape index (κ1) is 11.4. The van der Waals surface area contributed by atoms with Crippen molar-refractivity contribution >= 4 is 21.9 Å². The molecule has 0 spiro atoms. The first-order valence-electron chi connectivity index (χ1n) is 4.86. The van der Waals surface area contributed by atoms with Gasteiger partial charge in [0.25, 0.3) is 0 Å². The number of halogens is 1. The van der Waals surface area contributed by atoms with Crippen molar-refractivity contribution in [3.8, 4) is 5.75 Å². The largest absolute Gasteiger partial charge is 0.481 e. The number of carboxylic acids is 1. The SMILES string of the molecule is CC(C(=O)O)c1c(Br)ccc2c1COCO2. The lowest BCUT2D eigenvalue weighted by atomic mass is 9.95. The Bertz CT molecular complexity index is 430. The molecule has 2 rings (SSSR count). The highest BCUT2D eigenvalue weighted by Crippen LogP contribution is 2.36. The highest BCUT2D eigenvalue weighted by atomic mass is 79.9. The molecule has 0 radical (unpaired) electrons.